The number of methoxy groups -OCH3 is 2. The molecule has 4 saturated heterocycles. The van der Waals surface area contributed by atoms with Crippen LogP contribution in [0.2, 0.25) is 0 Å². The van der Waals surface area contributed by atoms with Crippen LogP contribution in [0.4, 0.5) is 0 Å². The quantitative estimate of drug-likeness (QED) is 0.0670. The topological polar surface area (TPSA) is 172 Å². The summed E-state index contributed by atoms with van der Waals surface area (Å²) in [6, 6.07) is 48.2. The maximum absolute atomic E-state index is 14.4. The second-order valence-corrected chi connectivity index (χ2v) is 21.5. The molecular formula is C63H76N6O8. The van der Waals surface area contributed by atoms with Crippen LogP contribution in [0.1, 0.15) is 93.0 Å². The van der Waals surface area contributed by atoms with Crippen LogP contribution in [-0.2, 0) is 56.6 Å². The Labute approximate surface area is 454 Å². The molecule has 0 saturated carbocycles. The van der Waals surface area contributed by atoms with Gasteiger partial charge in [0.25, 0.3) is 0 Å². The van der Waals surface area contributed by atoms with Gasteiger partial charge in [0.1, 0.15) is 17.6 Å². The van der Waals surface area contributed by atoms with Crippen molar-refractivity contribution in [1.29, 1.82) is 0 Å². The first-order valence-corrected chi connectivity index (χ1v) is 27.4. The molecule has 0 spiro atoms. The monoisotopic (exact) mass is 1040 g/mol. The summed E-state index contributed by atoms with van der Waals surface area (Å²) in [6.07, 6.45) is 6.28. The lowest BCUT2D eigenvalue weighted by Crippen LogP contribution is -2.54. The summed E-state index contributed by atoms with van der Waals surface area (Å²) in [5.41, 5.74) is 9.52. The number of fused-ring (bicyclic) bond motifs is 2. The molecule has 0 radical (unpaired) electrons. The molecule has 406 valence electrons. The SMILES string of the molecule is COC(=O)[C@@H](CC(=O)NC(c1ccccc1)(c1ccccc1)c1ccccc1)N1CCC(CCc2ccccc2)N2C[C@H](C)C[C@H]2C1=O.COC(=O)[C@@H](CC(N)=O)N1CCC(CCc2ccccc2)N2C[C@H](C)C[C@H]2C1=O. The lowest BCUT2D eigenvalue weighted by molar-refractivity contribution is -0.155. The van der Waals surface area contributed by atoms with Gasteiger partial charge in [0.05, 0.1) is 39.1 Å². The van der Waals surface area contributed by atoms with Crippen molar-refractivity contribution in [2.75, 3.05) is 40.4 Å². The van der Waals surface area contributed by atoms with E-state index in [0.717, 1.165) is 81.1 Å². The van der Waals surface area contributed by atoms with Gasteiger partial charge in [-0.25, -0.2) is 9.59 Å². The fourth-order valence-electron chi connectivity index (χ4n) is 12.5. The van der Waals surface area contributed by atoms with E-state index in [0.29, 0.717) is 24.9 Å². The van der Waals surface area contributed by atoms with Crippen LogP contribution in [0.25, 0.3) is 0 Å². The van der Waals surface area contributed by atoms with Crippen molar-refractivity contribution >= 4 is 35.6 Å². The van der Waals surface area contributed by atoms with Crippen LogP contribution in [-0.4, -0.2) is 132 Å². The minimum absolute atomic E-state index is 0.0896. The van der Waals surface area contributed by atoms with Gasteiger partial charge in [0.2, 0.25) is 23.6 Å². The first-order chi connectivity index (χ1) is 37.3. The van der Waals surface area contributed by atoms with Crippen molar-refractivity contribution in [3.05, 3.63) is 179 Å². The van der Waals surface area contributed by atoms with Gasteiger partial charge < -0.3 is 30.3 Å². The number of rotatable bonds is 18. The van der Waals surface area contributed by atoms with E-state index in [1.54, 1.807) is 4.90 Å². The smallest absolute Gasteiger partial charge is 0.329 e. The summed E-state index contributed by atoms with van der Waals surface area (Å²) in [6.45, 7) is 6.87. The maximum atomic E-state index is 14.4. The van der Waals surface area contributed by atoms with Crippen molar-refractivity contribution in [2.24, 2.45) is 17.6 Å². The van der Waals surface area contributed by atoms with Crippen molar-refractivity contribution in [1.82, 2.24) is 24.9 Å². The highest BCUT2D eigenvalue weighted by molar-refractivity contribution is 5.93. The number of hydrogen-bond acceptors (Lipinski definition) is 10. The van der Waals surface area contributed by atoms with Gasteiger partial charge in [-0.1, -0.05) is 166 Å². The normalized spacial score (nSPS) is 22.5. The van der Waals surface area contributed by atoms with Crippen molar-refractivity contribution in [2.45, 2.75) is 120 Å². The third-order valence-corrected chi connectivity index (χ3v) is 16.2. The van der Waals surface area contributed by atoms with E-state index in [4.69, 9.17) is 15.2 Å². The summed E-state index contributed by atoms with van der Waals surface area (Å²) in [5, 5.41) is 3.36. The zero-order valence-corrected chi connectivity index (χ0v) is 45.1. The number of benzene rings is 5. The first kappa shape index (κ1) is 56.1. The highest BCUT2D eigenvalue weighted by Gasteiger charge is 2.48. The highest BCUT2D eigenvalue weighted by Crippen LogP contribution is 2.38. The van der Waals surface area contributed by atoms with Crippen molar-refractivity contribution < 1.29 is 38.2 Å². The molecule has 8 atom stereocenters. The molecule has 2 unspecified atom stereocenters. The van der Waals surface area contributed by atoms with E-state index < -0.39 is 35.5 Å². The number of primary amides is 1. The van der Waals surface area contributed by atoms with E-state index in [1.165, 1.54) is 30.2 Å². The lowest BCUT2D eigenvalue weighted by Gasteiger charge is -2.38. The number of ether oxygens (including phenoxy) is 2. The van der Waals surface area contributed by atoms with Crippen molar-refractivity contribution in [3.8, 4) is 0 Å². The molecule has 77 heavy (non-hydrogen) atoms. The summed E-state index contributed by atoms with van der Waals surface area (Å²) in [7, 11) is 2.59. The van der Waals surface area contributed by atoms with Crippen molar-refractivity contribution in [3.63, 3.8) is 0 Å². The molecule has 5 aromatic rings. The molecule has 0 bridgehead atoms. The molecule has 0 aromatic heterocycles. The Bertz CT molecular complexity index is 2650. The van der Waals surface area contributed by atoms with Crippen LogP contribution in [0.15, 0.2) is 152 Å². The molecular weight excluding hydrogens is 969 g/mol. The van der Waals surface area contributed by atoms with Gasteiger partial charge in [-0.15, -0.1) is 0 Å². The second-order valence-electron chi connectivity index (χ2n) is 21.5. The molecule has 4 aliphatic heterocycles. The number of carbonyl (C=O) groups is 6. The minimum Gasteiger partial charge on any atom is -0.467 e. The Morgan fingerprint density at radius 1 is 0.558 bits per heavy atom. The molecule has 5 aromatic carbocycles. The number of nitrogens with zero attached hydrogens (tertiary/aromatic N) is 4. The van der Waals surface area contributed by atoms with Crippen LogP contribution in [0, 0.1) is 11.8 Å². The third kappa shape index (κ3) is 13.3. The summed E-state index contributed by atoms with van der Waals surface area (Å²) in [5.74, 6) is -1.54. The summed E-state index contributed by atoms with van der Waals surface area (Å²) < 4.78 is 10.1. The predicted octanol–water partition coefficient (Wildman–Crippen LogP) is 7.32. The molecule has 3 N–H and O–H groups in total. The molecule has 14 heteroatoms. The molecule has 4 amide bonds. The van der Waals surface area contributed by atoms with Crippen LogP contribution < -0.4 is 11.1 Å². The molecule has 4 fully saturated rings. The average Bonchev–Trinajstić information content (AvgIpc) is 3.99. The Kier molecular flexibility index (Phi) is 19.1. The summed E-state index contributed by atoms with van der Waals surface area (Å²) in [4.78, 5) is 87.3. The number of esters is 2. The fourth-order valence-corrected chi connectivity index (χ4v) is 12.5. The number of nitrogens with one attached hydrogen (secondary N) is 1. The maximum Gasteiger partial charge on any atom is 0.329 e. The van der Waals surface area contributed by atoms with Gasteiger partial charge in [0.15, 0.2) is 0 Å². The number of aryl methyl sites for hydroxylation is 2. The van der Waals surface area contributed by atoms with Crippen LogP contribution in [0.5, 0.6) is 0 Å². The average molecular weight is 1050 g/mol. The van der Waals surface area contributed by atoms with E-state index in [1.807, 2.05) is 115 Å². The van der Waals surface area contributed by atoms with Gasteiger partial charge in [-0.05, 0) is 91.0 Å². The summed E-state index contributed by atoms with van der Waals surface area (Å²) >= 11 is 0. The number of amides is 4. The fraction of sp³-hybridized carbons (Fsp3) is 0.429. The highest BCUT2D eigenvalue weighted by atomic mass is 16.5. The largest absolute Gasteiger partial charge is 0.467 e. The first-order valence-electron chi connectivity index (χ1n) is 27.4. The Morgan fingerprint density at radius 3 is 1.26 bits per heavy atom. The van der Waals surface area contributed by atoms with Gasteiger partial charge >= 0.3 is 11.9 Å². The number of carbonyl (C=O) groups excluding carboxylic acids is 6. The zero-order valence-electron chi connectivity index (χ0n) is 45.1. The number of nitrogens with two attached hydrogens (primary N) is 1. The van der Waals surface area contributed by atoms with E-state index >= 15 is 0 Å². The Balaban J connectivity index is 0.000000231. The second kappa shape index (κ2) is 26.3. The standard InChI is InChI=1S/C41H45N3O4.C22H31N3O4/c1-30-27-36-39(46)43(26-25-35(44(36)29-30)24-23-31-15-7-3-8-16-31)37(40(47)48-2)28-38(45)42-41(32-17-9-4-10-18-32,33-19-11-5-12-20-33)34-21-13-6-14-22-34;1-15-12-18-21(27)24(19(13-20(23)26)22(28)29-2)11-10-17(25(18)14-15)9-8-16-6-4-3-5-7-16/h3-22,30,35-37H,23-29H2,1-2H3,(H,42,45);3-7,15,17-19H,8-14H2,1-2H3,(H2,23,26)/t30-,35?,36+,37-;15-,17?,18+,19-/m11/s1. The molecule has 4 aliphatic rings. The zero-order chi connectivity index (χ0) is 54.5. The van der Waals surface area contributed by atoms with Gasteiger partial charge in [0, 0.05) is 38.3 Å². The molecule has 4 heterocycles. The Hall–Kier alpha value is -7.16. The minimum atomic E-state index is -1.05. The van der Waals surface area contributed by atoms with E-state index in [9.17, 15) is 28.8 Å². The molecule has 0 aliphatic carbocycles. The van der Waals surface area contributed by atoms with E-state index in [-0.39, 0.29) is 54.7 Å². The number of hydrogen-bond donors (Lipinski definition) is 2. The molecule has 9 rings (SSSR count). The van der Waals surface area contributed by atoms with Gasteiger partial charge in [-0.3, -0.25) is 29.0 Å². The molecule has 14 nitrogen and oxygen atoms in total. The third-order valence-electron chi connectivity index (χ3n) is 16.2. The Morgan fingerprint density at radius 2 is 0.909 bits per heavy atom. The van der Waals surface area contributed by atoms with Crippen LogP contribution >= 0.6 is 0 Å². The van der Waals surface area contributed by atoms with Gasteiger partial charge in [-0.2, -0.15) is 0 Å². The van der Waals surface area contributed by atoms with Crippen LogP contribution in [0.3, 0.4) is 0 Å². The van der Waals surface area contributed by atoms with E-state index in [2.05, 4.69) is 65.4 Å². The predicted molar refractivity (Wildman–Crippen MR) is 296 cm³/mol. The lowest BCUT2D eigenvalue weighted by atomic mass is 9.77.